The highest BCUT2D eigenvalue weighted by Crippen LogP contribution is 2.22. The van der Waals surface area contributed by atoms with Crippen molar-refractivity contribution in [3.8, 4) is 0 Å². The van der Waals surface area contributed by atoms with Crippen molar-refractivity contribution in [1.82, 2.24) is 14.9 Å². The fourth-order valence-electron chi connectivity index (χ4n) is 2.15. The van der Waals surface area contributed by atoms with Gasteiger partial charge in [-0.1, -0.05) is 23.4 Å². The van der Waals surface area contributed by atoms with Crippen LogP contribution in [0, 0.1) is 5.92 Å². The van der Waals surface area contributed by atoms with Crippen LogP contribution in [0.15, 0.2) is 11.4 Å². The molecule has 1 aliphatic rings. The highest BCUT2D eigenvalue weighted by atomic mass is 35.5. The van der Waals surface area contributed by atoms with Crippen LogP contribution in [0.1, 0.15) is 23.3 Å². The molecule has 2 heterocycles. The first-order valence-electron chi connectivity index (χ1n) is 6.12. The van der Waals surface area contributed by atoms with E-state index in [0.717, 1.165) is 12.8 Å². The molecule has 5 nitrogen and oxygen atoms in total. The quantitative estimate of drug-likeness (QED) is 0.680. The minimum Gasteiger partial charge on any atom is -0.396 e. The lowest BCUT2D eigenvalue weighted by molar-refractivity contribution is 0.0614. The molecule has 1 saturated heterocycles. The molecule has 1 aromatic rings. The van der Waals surface area contributed by atoms with Gasteiger partial charge in [0.05, 0.1) is 11.2 Å². The van der Waals surface area contributed by atoms with E-state index in [9.17, 15) is 9.90 Å². The minimum absolute atomic E-state index is 0.108. The van der Waals surface area contributed by atoms with Gasteiger partial charge in [0.1, 0.15) is 0 Å². The SMILES string of the molecule is CSc1ncc(Cl)c(C(=O)N2CCCC(CO)C2)n1. The third kappa shape index (κ3) is 3.38. The van der Waals surface area contributed by atoms with Gasteiger partial charge in [-0.2, -0.15) is 0 Å². The highest BCUT2D eigenvalue weighted by molar-refractivity contribution is 7.98. The normalized spacial score (nSPS) is 19.5. The number of rotatable bonds is 3. The molecule has 104 valence electrons. The zero-order valence-corrected chi connectivity index (χ0v) is 12.2. The maximum Gasteiger partial charge on any atom is 0.274 e. The summed E-state index contributed by atoms with van der Waals surface area (Å²) in [5.41, 5.74) is 0.250. The first-order chi connectivity index (χ1) is 9.15. The number of hydrogen-bond acceptors (Lipinski definition) is 5. The molecule has 2 rings (SSSR count). The van der Waals surface area contributed by atoms with Gasteiger partial charge in [-0.05, 0) is 25.0 Å². The molecule has 0 radical (unpaired) electrons. The Bertz CT molecular complexity index is 472. The standard InChI is InChI=1S/C12H16ClN3O2S/c1-19-12-14-5-9(13)10(15-12)11(18)16-4-2-3-8(6-16)7-17/h5,8,17H,2-4,6-7H2,1H3. The zero-order chi connectivity index (χ0) is 13.8. The Labute approximate surface area is 121 Å². The molecule has 1 aromatic heterocycles. The van der Waals surface area contributed by atoms with Crippen LogP contribution < -0.4 is 0 Å². The fraction of sp³-hybridized carbons (Fsp3) is 0.583. The molecule has 1 aliphatic heterocycles. The van der Waals surface area contributed by atoms with Gasteiger partial charge in [0.25, 0.3) is 5.91 Å². The molecule has 1 atom stereocenters. The van der Waals surface area contributed by atoms with Crippen molar-refractivity contribution < 1.29 is 9.90 Å². The Morgan fingerprint density at radius 2 is 2.47 bits per heavy atom. The summed E-state index contributed by atoms with van der Waals surface area (Å²) in [6.45, 7) is 1.35. The topological polar surface area (TPSA) is 66.3 Å². The third-order valence-electron chi connectivity index (χ3n) is 3.17. The number of amides is 1. The van der Waals surface area contributed by atoms with Crippen LogP contribution in [0.5, 0.6) is 0 Å². The number of carbonyl (C=O) groups excluding carboxylic acids is 1. The molecule has 0 spiro atoms. The molecule has 1 N–H and O–H groups in total. The molecular formula is C12H16ClN3O2S. The summed E-state index contributed by atoms with van der Waals surface area (Å²) in [5.74, 6) is -0.0285. The van der Waals surface area contributed by atoms with Crippen LogP contribution in [0.2, 0.25) is 5.02 Å². The molecule has 1 fully saturated rings. The van der Waals surface area contributed by atoms with Crippen molar-refractivity contribution in [3.63, 3.8) is 0 Å². The van der Waals surface area contributed by atoms with E-state index in [1.165, 1.54) is 18.0 Å². The van der Waals surface area contributed by atoms with Crippen LogP contribution in [0.4, 0.5) is 0 Å². The molecule has 0 aromatic carbocycles. The van der Waals surface area contributed by atoms with Crippen LogP contribution in [0.3, 0.4) is 0 Å². The molecule has 7 heteroatoms. The molecule has 1 amide bonds. The highest BCUT2D eigenvalue weighted by Gasteiger charge is 2.26. The Kier molecular flexibility index (Phi) is 5.01. The number of aliphatic hydroxyl groups is 1. The number of aromatic nitrogens is 2. The molecule has 1 unspecified atom stereocenters. The molecule has 0 bridgehead atoms. The van der Waals surface area contributed by atoms with E-state index >= 15 is 0 Å². The van der Waals surface area contributed by atoms with Gasteiger partial charge in [0.15, 0.2) is 10.9 Å². The van der Waals surface area contributed by atoms with E-state index in [0.29, 0.717) is 18.2 Å². The molecule has 19 heavy (non-hydrogen) atoms. The fourth-order valence-corrected chi connectivity index (χ4v) is 2.66. The largest absolute Gasteiger partial charge is 0.396 e. The predicted octanol–water partition coefficient (Wildman–Crippen LogP) is 1.70. The lowest BCUT2D eigenvalue weighted by Gasteiger charge is -2.31. The average Bonchev–Trinajstić information content (AvgIpc) is 2.47. The van der Waals surface area contributed by atoms with E-state index in [2.05, 4.69) is 9.97 Å². The van der Waals surface area contributed by atoms with E-state index < -0.39 is 0 Å². The van der Waals surface area contributed by atoms with E-state index in [4.69, 9.17) is 11.6 Å². The lowest BCUT2D eigenvalue weighted by Crippen LogP contribution is -2.41. The number of thioether (sulfide) groups is 1. The van der Waals surface area contributed by atoms with Crippen molar-refractivity contribution in [1.29, 1.82) is 0 Å². The minimum atomic E-state index is -0.180. The van der Waals surface area contributed by atoms with Gasteiger partial charge in [0.2, 0.25) is 0 Å². The summed E-state index contributed by atoms with van der Waals surface area (Å²) in [4.78, 5) is 22.3. The third-order valence-corrected chi connectivity index (χ3v) is 4.01. The summed E-state index contributed by atoms with van der Waals surface area (Å²) < 4.78 is 0. The Balaban J connectivity index is 2.18. The molecule has 0 saturated carbocycles. The van der Waals surface area contributed by atoms with Crippen LogP contribution in [-0.4, -0.2) is 51.8 Å². The monoisotopic (exact) mass is 301 g/mol. The zero-order valence-electron chi connectivity index (χ0n) is 10.7. The second-order valence-electron chi connectivity index (χ2n) is 4.50. The number of hydrogen-bond donors (Lipinski definition) is 1. The van der Waals surface area contributed by atoms with Crippen molar-refractivity contribution >= 4 is 29.3 Å². The van der Waals surface area contributed by atoms with E-state index in [1.807, 2.05) is 6.26 Å². The summed E-state index contributed by atoms with van der Waals surface area (Å²) in [7, 11) is 0. The van der Waals surface area contributed by atoms with Crippen molar-refractivity contribution in [2.75, 3.05) is 26.0 Å². The number of halogens is 1. The summed E-state index contributed by atoms with van der Waals surface area (Å²) >= 11 is 7.38. The number of likely N-dealkylation sites (tertiary alicyclic amines) is 1. The van der Waals surface area contributed by atoms with E-state index in [-0.39, 0.29) is 29.1 Å². The smallest absolute Gasteiger partial charge is 0.274 e. The maximum absolute atomic E-state index is 12.4. The van der Waals surface area contributed by atoms with Crippen LogP contribution in [0.25, 0.3) is 0 Å². The molecular weight excluding hydrogens is 286 g/mol. The van der Waals surface area contributed by atoms with Crippen molar-refractivity contribution in [2.24, 2.45) is 5.92 Å². The Morgan fingerprint density at radius 1 is 1.68 bits per heavy atom. The van der Waals surface area contributed by atoms with Gasteiger partial charge in [-0.15, -0.1) is 0 Å². The van der Waals surface area contributed by atoms with Crippen molar-refractivity contribution in [3.05, 3.63) is 16.9 Å². The average molecular weight is 302 g/mol. The first kappa shape index (κ1) is 14.6. The number of nitrogens with zero attached hydrogens (tertiary/aromatic N) is 3. The predicted molar refractivity (Wildman–Crippen MR) is 74.5 cm³/mol. The first-order valence-corrected chi connectivity index (χ1v) is 7.72. The summed E-state index contributed by atoms with van der Waals surface area (Å²) in [6.07, 6.45) is 5.16. The second-order valence-corrected chi connectivity index (χ2v) is 5.68. The van der Waals surface area contributed by atoms with Gasteiger partial charge >= 0.3 is 0 Å². The van der Waals surface area contributed by atoms with E-state index in [1.54, 1.807) is 4.90 Å². The number of aliphatic hydroxyl groups excluding tert-OH is 1. The van der Waals surface area contributed by atoms with Crippen LogP contribution >= 0.6 is 23.4 Å². The maximum atomic E-state index is 12.4. The van der Waals surface area contributed by atoms with Gasteiger partial charge < -0.3 is 10.0 Å². The Morgan fingerprint density at radius 3 is 3.16 bits per heavy atom. The van der Waals surface area contributed by atoms with Gasteiger partial charge in [0, 0.05) is 19.7 Å². The summed E-state index contributed by atoms with van der Waals surface area (Å²) in [5, 5.41) is 10.0. The van der Waals surface area contributed by atoms with Crippen LogP contribution in [-0.2, 0) is 0 Å². The number of piperidine rings is 1. The number of carbonyl (C=O) groups is 1. The van der Waals surface area contributed by atoms with Crippen molar-refractivity contribution in [2.45, 2.75) is 18.0 Å². The molecule has 0 aliphatic carbocycles. The lowest BCUT2D eigenvalue weighted by atomic mass is 9.99. The Hall–Kier alpha value is -0.850. The van der Waals surface area contributed by atoms with Gasteiger partial charge in [-0.3, -0.25) is 4.79 Å². The second kappa shape index (κ2) is 6.54. The van der Waals surface area contributed by atoms with Gasteiger partial charge in [-0.25, -0.2) is 9.97 Å². The summed E-state index contributed by atoms with van der Waals surface area (Å²) in [6, 6.07) is 0.